The first kappa shape index (κ1) is 11.8. The number of fused-ring (bicyclic) bond motifs is 1. The van der Waals surface area contributed by atoms with E-state index in [9.17, 15) is 4.79 Å². The number of carbonyl (C=O) groups is 1. The summed E-state index contributed by atoms with van der Waals surface area (Å²) in [6.45, 7) is 3.10. The number of hydrogen-bond acceptors (Lipinski definition) is 1. The Kier molecular flexibility index (Phi) is 2.89. The second kappa shape index (κ2) is 4.42. The molecule has 1 saturated carbocycles. The van der Waals surface area contributed by atoms with Crippen molar-refractivity contribution >= 4 is 5.91 Å². The van der Waals surface area contributed by atoms with Gasteiger partial charge in [0, 0.05) is 19.0 Å². The van der Waals surface area contributed by atoms with E-state index in [4.69, 9.17) is 0 Å². The summed E-state index contributed by atoms with van der Waals surface area (Å²) in [7, 11) is 0. The van der Waals surface area contributed by atoms with Gasteiger partial charge in [-0.2, -0.15) is 0 Å². The molecule has 0 unspecified atom stereocenters. The Morgan fingerprint density at radius 2 is 2.06 bits per heavy atom. The molecule has 1 aliphatic carbocycles. The average Bonchev–Trinajstić information content (AvgIpc) is 2.62. The van der Waals surface area contributed by atoms with Gasteiger partial charge in [0.05, 0.1) is 0 Å². The monoisotopic (exact) mass is 243 g/mol. The summed E-state index contributed by atoms with van der Waals surface area (Å²) in [6.07, 6.45) is 5.73. The molecule has 1 amide bonds. The number of likely N-dealkylation sites (tertiary alicyclic amines) is 1. The van der Waals surface area contributed by atoms with Crippen molar-refractivity contribution in [1.29, 1.82) is 0 Å². The fraction of sp³-hybridized carbons (Fsp3) is 0.562. The molecule has 2 fully saturated rings. The number of nitrogens with zero attached hydrogens (tertiary/aromatic N) is 1. The molecule has 18 heavy (non-hydrogen) atoms. The zero-order chi connectivity index (χ0) is 12.6. The van der Waals surface area contributed by atoms with Gasteiger partial charge in [0.15, 0.2) is 0 Å². The van der Waals surface area contributed by atoms with Gasteiger partial charge in [-0.3, -0.25) is 4.79 Å². The molecule has 1 aliphatic heterocycles. The van der Waals surface area contributed by atoms with Gasteiger partial charge in [-0.1, -0.05) is 50.1 Å². The summed E-state index contributed by atoms with van der Waals surface area (Å²) in [5, 5.41) is 0. The molecule has 1 saturated heterocycles. The van der Waals surface area contributed by atoms with Crippen molar-refractivity contribution in [3.63, 3.8) is 0 Å². The number of hydrogen-bond donors (Lipinski definition) is 0. The Labute approximate surface area is 109 Å². The van der Waals surface area contributed by atoms with Crippen molar-refractivity contribution < 1.29 is 4.79 Å². The van der Waals surface area contributed by atoms with E-state index in [-0.39, 0.29) is 5.41 Å². The van der Waals surface area contributed by atoms with Crippen molar-refractivity contribution in [3.8, 4) is 0 Å². The van der Waals surface area contributed by atoms with Gasteiger partial charge in [-0.05, 0) is 23.8 Å². The molecule has 0 N–H and O–H groups in total. The van der Waals surface area contributed by atoms with Crippen molar-refractivity contribution in [1.82, 2.24) is 4.90 Å². The molecule has 0 bridgehead atoms. The standard InChI is InChI=1S/C16H21NO/c1-16-10-6-5-9-14(16)17(15(18)11-16)12-13-7-3-2-4-8-13/h2-4,7-8,14H,5-6,9-12H2,1H3/t14-,16-/m0/s1. The fourth-order valence-corrected chi connectivity index (χ4v) is 3.72. The van der Waals surface area contributed by atoms with Crippen molar-refractivity contribution in [3.05, 3.63) is 35.9 Å². The molecular weight excluding hydrogens is 222 g/mol. The van der Waals surface area contributed by atoms with E-state index in [0.29, 0.717) is 11.9 Å². The molecule has 0 aromatic heterocycles. The highest BCUT2D eigenvalue weighted by Crippen LogP contribution is 2.47. The largest absolute Gasteiger partial charge is 0.335 e. The van der Waals surface area contributed by atoms with Gasteiger partial charge in [-0.25, -0.2) is 0 Å². The minimum Gasteiger partial charge on any atom is -0.335 e. The summed E-state index contributed by atoms with van der Waals surface area (Å²) in [4.78, 5) is 14.4. The van der Waals surface area contributed by atoms with Crippen LogP contribution in [-0.2, 0) is 11.3 Å². The Balaban J connectivity index is 1.81. The highest BCUT2D eigenvalue weighted by atomic mass is 16.2. The van der Waals surface area contributed by atoms with Crippen LogP contribution in [0.1, 0.15) is 44.6 Å². The van der Waals surface area contributed by atoms with Crippen LogP contribution in [0.25, 0.3) is 0 Å². The lowest BCUT2D eigenvalue weighted by molar-refractivity contribution is -0.129. The third kappa shape index (κ3) is 1.94. The molecule has 2 heteroatoms. The van der Waals surface area contributed by atoms with E-state index in [1.54, 1.807) is 0 Å². The third-order valence-corrected chi connectivity index (χ3v) is 4.73. The predicted molar refractivity (Wildman–Crippen MR) is 72.0 cm³/mol. The summed E-state index contributed by atoms with van der Waals surface area (Å²) >= 11 is 0. The van der Waals surface area contributed by atoms with Crippen LogP contribution < -0.4 is 0 Å². The highest BCUT2D eigenvalue weighted by Gasteiger charge is 2.48. The summed E-state index contributed by atoms with van der Waals surface area (Å²) in [5.74, 6) is 0.355. The quantitative estimate of drug-likeness (QED) is 0.780. The van der Waals surface area contributed by atoms with Crippen LogP contribution in [0.15, 0.2) is 30.3 Å². The van der Waals surface area contributed by atoms with Crippen molar-refractivity contribution in [2.75, 3.05) is 0 Å². The van der Waals surface area contributed by atoms with E-state index < -0.39 is 0 Å². The Bertz CT molecular complexity index is 442. The molecule has 0 radical (unpaired) electrons. The summed E-state index contributed by atoms with van der Waals surface area (Å²) in [5.41, 5.74) is 1.49. The molecule has 96 valence electrons. The molecule has 2 nitrogen and oxygen atoms in total. The van der Waals surface area contributed by atoms with Crippen molar-refractivity contribution in [2.45, 2.75) is 51.6 Å². The van der Waals surface area contributed by atoms with Crippen LogP contribution in [-0.4, -0.2) is 16.8 Å². The van der Waals surface area contributed by atoms with Crippen LogP contribution in [0.5, 0.6) is 0 Å². The van der Waals surface area contributed by atoms with Gasteiger partial charge in [-0.15, -0.1) is 0 Å². The number of amides is 1. The Hall–Kier alpha value is -1.31. The zero-order valence-electron chi connectivity index (χ0n) is 11.1. The number of carbonyl (C=O) groups excluding carboxylic acids is 1. The SMILES string of the molecule is C[C@@]12CCCC[C@@H]1N(Cc1ccccc1)C(=O)C2. The van der Waals surface area contributed by atoms with E-state index in [0.717, 1.165) is 13.0 Å². The van der Waals surface area contributed by atoms with Gasteiger partial charge in [0.1, 0.15) is 0 Å². The lowest BCUT2D eigenvalue weighted by Crippen LogP contribution is -2.40. The molecule has 2 atom stereocenters. The van der Waals surface area contributed by atoms with E-state index in [2.05, 4.69) is 36.1 Å². The molecule has 3 rings (SSSR count). The van der Waals surface area contributed by atoms with Gasteiger partial charge < -0.3 is 4.90 Å². The van der Waals surface area contributed by atoms with Crippen molar-refractivity contribution in [2.24, 2.45) is 5.41 Å². The number of rotatable bonds is 2. The summed E-state index contributed by atoms with van der Waals surface area (Å²) < 4.78 is 0. The Morgan fingerprint density at radius 1 is 1.28 bits per heavy atom. The van der Waals surface area contributed by atoms with Gasteiger partial charge in [0.2, 0.25) is 5.91 Å². The van der Waals surface area contributed by atoms with Crippen LogP contribution >= 0.6 is 0 Å². The first-order valence-corrected chi connectivity index (χ1v) is 7.02. The average molecular weight is 243 g/mol. The molecular formula is C16H21NO. The maximum atomic E-state index is 12.3. The van der Waals surface area contributed by atoms with Crippen LogP contribution in [0.2, 0.25) is 0 Å². The molecule has 1 aromatic rings. The smallest absolute Gasteiger partial charge is 0.223 e. The molecule has 1 aromatic carbocycles. The molecule has 1 heterocycles. The lowest BCUT2D eigenvalue weighted by Gasteiger charge is -2.38. The first-order valence-electron chi connectivity index (χ1n) is 7.02. The molecule has 0 spiro atoms. The predicted octanol–water partition coefficient (Wildman–Crippen LogP) is 3.37. The van der Waals surface area contributed by atoms with Crippen LogP contribution in [0.4, 0.5) is 0 Å². The second-order valence-corrected chi connectivity index (χ2v) is 6.10. The van der Waals surface area contributed by atoms with Crippen LogP contribution in [0, 0.1) is 5.41 Å². The lowest BCUT2D eigenvalue weighted by atomic mass is 9.72. The maximum Gasteiger partial charge on any atom is 0.223 e. The van der Waals surface area contributed by atoms with Gasteiger partial charge >= 0.3 is 0 Å². The third-order valence-electron chi connectivity index (χ3n) is 4.73. The fourth-order valence-electron chi connectivity index (χ4n) is 3.72. The summed E-state index contributed by atoms with van der Waals surface area (Å²) in [6, 6.07) is 10.8. The second-order valence-electron chi connectivity index (χ2n) is 6.10. The first-order chi connectivity index (χ1) is 8.69. The number of benzene rings is 1. The van der Waals surface area contributed by atoms with Crippen LogP contribution in [0.3, 0.4) is 0 Å². The normalized spacial score (nSPS) is 31.5. The minimum absolute atomic E-state index is 0.240. The molecule has 2 aliphatic rings. The highest BCUT2D eigenvalue weighted by molar-refractivity contribution is 5.80. The zero-order valence-corrected chi connectivity index (χ0v) is 11.1. The van der Waals surface area contributed by atoms with Gasteiger partial charge in [0.25, 0.3) is 0 Å². The Morgan fingerprint density at radius 3 is 2.83 bits per heavy atom. The van der Waals surface area contributed by atoms with E-state index in [1.165, 1.54) is 31.2 Å². The van der Waals surface area contributed by atoms with E-state index in [1.807, 2.05) is 6.07 Å². The minimum atomic E-state index is 0.240. The topological polar surface area (TPSA) is 20.3 Å². The van der Waals surface area contributed by atoms with E-state index >= 15 is 0 Å². The maximum absolute atomic E-state index is 12.3.